The van der Waals surface area contributed by atoms with Crippen molar-refractivity contribution in [2.24, 2.45) is 0 Å². The molecule has 5 rings (SSSR count). The molecule has 0 saturated carbocycles. The highest BCUT2D eigenvalue weighted by molar-refractivity contribution is 6.17. The minimum absolute atomic E-state index is 0.0519. The minimum atomic E-state index is -0.335. The molecule has 2 heterocycles. The van der Waals surface area contributed by atoms with Gasteiger partial charge in [-0.1, -0.05) is 12.1 Å². The third-order valence-corrected chi connectivity index (χ3v) is 5.71. The molecule has 7 heteroatoms. The third kappa shape index (κ3) is 4.36. The number of nitrogens with one attached hydrogen (secondary N) is 1. The van der Waals surface area contributed by atoms with Crippen LogP contribution in [0.3, 0.4) is 0 Å². The molecule has 35 heavy (non-hydrogen) atoms. The van der Waals surface area contributed by atoms with Gasteiger partial charge in [-0.2, -0.15) is 0 Å². The Morgan fingerprint density at radius 2 is 1.69 bits per heavy atom. The molecule has 0 atom stereocenters. The Labute approximate surface area is 201 Å². The molecule has 7 nitrogen and oxygen atoms in total. The quantitative estimate of drug-likeness (QED) is 0.280. The van der Waals surface area contributed by atoms with E-state index in [-0.39, 0.29) is 23.9 Å². The smallest absolute Gasteiger partial charge is 0.230 e. The lowest BCUT2D eigenvalue weighted by molar-refractivity contribution is -0.115. The van der Waals surface area contributed by atoms with Crippen LogP contribution in [0.5, 0.6) is 11.5 Å². The van der Waals surface area contributed by atoms with Gasteiger partial charge in [-0.05, 0) is 61.5 Å². The van der Waals surface area contributed by atoms with Crippen molar-refractivity contribution < 1.29 is 27.9 Å². The first-order valence-electron chi connectivity index (χ1n) is 11.2. The van der Waals surface area contributed by atoms with Crippen LogP contribution in [0.25, 0.3) is 21.9 Å². The first-order chi connectivity index (χ1) is 17.1. The van der Waals surface area contributed by atoms with Crippen molar-refractivity contribution in [3.8, 4) is 11.5 Å². The Balaban J connectivity index is 1.45. The number of amides is 1. The number of furan rings is 2. The topological polar surface area (TPSA) is 90.9 Å². The highest BCUT2D eigenvalue weighted by atomic mass is 16.5. The lowest BCUT2D eigenvalue weighted by Gasteiger charge is -2.07. The summed E-state index contributed by atoms with van der Waals surface area (Å²) >= 11 is 0. The number of ether oxygens (including phenoxy) is 2. The van der Waals surface area contributed by atoms with E-state index in [2.05, 4.69) is 5.32 Å². The van der Waals surface area contributed by atoms with Gasteiger partial charge in [-0.15, -0.1) is 0 Å². The summed E-state index contributed by atoms with van der Waals surface area (Å²) in [6, 6.07) is 19.5. The van der Waals surface area contributed by atoms with E-state index in [4.69, 9.17) is 18.3 Å². The van der Waals surface area contributed by atoms with E-state index >= 15 is 0 Å². The average molecular weight is 469 g/mol. The number of ketones is 1. The average Bonchev–Trinajstić information content (AvgIpc) is 3.45. The van der Waals surface area contributed by atoms with E-state index in [1.165, 1.54) is 0 Å². The molecule has 0 radical (unpaired) electrons. The maximum Gasteiger partial charge on any atom is 0.230 e. The molecule has 3 aromatic carbocycles. The number of anilines is 1. The molecule has 0 saturated heterocycles. The van der Waals surface area contributed by atoms with Gasteiger partial charge in [0.2, 0.25) is 11.7 Å². The van der Waals surface area contributed by atoms with E-state index < -0.39 is 0 Å². The number of para-hydroxylation sites is 1. The third-order valence-electron chi connectivity index (χ3n) is 5.71. The fraction of sp³-hybridized carbons (Fsp3) is 0.143. The number of fused-ring (bicyclic) bond motifs is 2. The molecular weight excluding hydrogens is 446 g/mol. The fourth-order valence-electron chi connectivity index (χ4n) is 4.01. The molecule has 5 aromatic rings. The van der Waals surface area contributed by atoms with Crippen LogP contribution in [0.15, 0.2) is 81.8 Å². The molecule has 0 aliphatic carbocycles. The van der Waals surface area contributed by atoms with Crippen LogP contribution in [0.4, 0.5) is 5.69 Å². The predicted octanol–water partition coefficient (Wildman–Crippen LogP) is 6.00. The number of rotatable bonds is 8. The van der Waals surface area contributed by atoms with Crippen LogP contribution in [0.1, 0.15) is 28.6 Å². The van der Waals surface area contributed by atoms with Crippen molar-refractivity contribution in [1.82, 2.24) is 0 Å². The Hall–Kier alpha value is -4.52. The van der Waals surface area contributed by atoms with Crippen LogP contribution >= 0.6 is 0 Å². The monoisotopic (exact) mass is 469 g/mol. The summed E-state index contributed by atoms with van der Waals surface area (Å²) in [5, 5.41) is 4.34. The maximum atomic E-state index is 13.3. The Kier molecular flexibility index (Phi) is 5.97. The minimum Gasteiger partial charge on any atom is -0.497 e. The van der Waals surface area contributed by atoms with Gasteiger partial charge in [-0.3, -0.25) is 9.59 Å². The fourth-order valence-corrected chi connectivity index (χ4v) is 4.01. The summed E-state index contributed by atoms with van der Waals surface area (Å²) in [5.74, 6) is 0.777. The van der Waals surface area contributed by atoms with Crippen LogP contribution in [-0.2, 0) is 11.2 Å². The van der Waals surface area contributed by atoms with Gasteiger partial charge in [0, 0.05) is 21.9 Å². The van der Waals surface area contributed by atoms with Gasteiger partial charge in [-0.25, -0.2) is 0 Å². The zero-order chi connectivity index (χ0) is 24.4. The van der Waals surface area contributed by atoms with E-state index in [1.807, 2.05) is 31.2 Å². The van der Waals surface area contributed by atoms with E-state index in [0.29, 0.717) is 51.5 Å². The molecule has 0 spiro atoms. The first-order valence-corrected chi connectivity index (χ1v) is 11.2. The Morgan fingerprint density at radius 1 is 0.914 bits per heavy atom. The first kappa shape index (κ1) is 22.3. The summed E-state index contributed by atoms with van der Waals surface area (Å²) in [7, 11) is 1.58. The van der Waals surface area contributed by atoms with Crippen molar-refractivity contribution in [3.05, 3.63) is 89.9 Å². The molecule has 1 amide bonds. The summed E-state index contributed by atoms with van der Waals surface area (Å²) < 4.78 is 22.2. The van der Waals surface area contributed by atoms with Crippen molar-refractivity contribution in [1.29, 1.82) is 0 Å². The lowest BCUT2D eigenvalue weighted by atomic mass is 10.1. The lowest BCUT2D eigenvalue weighted by Crippen LogP contribution is -2.16. The van der Waals surface area contributed by atoms with Crippen molar-refractivity contribution >= 4 is 39.3 Å². The van der Waals surface area contributed by atoms with Gasteiger partial charge in [0.15, 0.2) is 5.76 Å². The summed E-state index contributed by atoms with van der Waals surface area (Å²) in [6.07, 6.45) is 1.61. The molecular formula is C28H23NO6. The second kappa shape index (κ2) is 9.38. The van der Waals surface area contributed by atoms with Gasteiger partial charge < -0.3 is 23.6 Å². The van der Waals surface area contributed by atoms with E-state index in [1.54, 1.807) is 55.8 Å². The SMILES string of the molecule is CCOc1ccc(C(=O)c2oc3ccccc3c2NC(=O)Cc2coc3ccc(OC)cc23)cc1. The zero-order valence-corrected chi connectivity index (χ0v) is 19.3. The van der Waals surface area contributed by atoms with Crippen molar-refractivity contribution in [3.63, 3.8) is 0 Å². The normalized spacial score (nSPS) is 11.0. The van der Waals surface area contributed by atoms with Crippen LogP contribution in [0.2, 0.25) is 0 Å². The highest BCUT2D eigenvalue weighted by Crippen LogP contribution is 2.33. The number of methoxy groups -OCH3 is 1. The molecule has 2 aromatic heterocycles. The van der Waals surface area contributed by atoms with Crippen LogP contribution in [-0.4, -0.2) is 25.4 Å². The predicted molar refractivity (Wildman–Crippen MR) is 132 cm³/mol. The molecule has 0 bridgehead atoms. The standard InChI is InChI=1S/C28H23NO6/c1-3-33-19-10-8-17(9-11-19)27(31)28-26(21-6-4-5-7-24(21)35-28)29-25(30)14-18-16-34-23-13-12-20(32-2)15-22(18)23/h4-13,15-16H,3,14H2,1-2H3,(H,29,30). The Morgan fingerprint density at radius 3 is 2.46 bits per heavy atom. The zero-order valence-electron chi connectivity index (χ0n) is 19.3. The van der Waals surface area contributed by atoms with Gasteiger partial charge in [0.25, 0.3) is 0 Å². The number of hydrogen-bond acceptors (Lipinski definition) is 6. The molecule has 1 N–H and O–H groups in total. The second-order valence-electron chi connectivity index (χ2n) is 7.94. The summed E-state index contributed by atoms with van der Waals surface area (Å²) in [4.78, 5) is 26.4. The number of benzene rings is 3. The number of hydrogen-bond donors (Lipinski definition) is 1. The largest absolute Gasteiger partial charge is 0.497 e. The van der Waals surface area contributed by atoms with E-state index in [0.717, 1.165) is 5.39 Å². The van der Waals surface area contributed by atoms with Gasteiger partial charge in [0.1, 0.15) is 22.7 Å². The van der Waals surface area contributed by atoms with Gasteiger partial charge in [0.05, 0.1) is 32.1 Å². The van der Waals surface area contributed by atoms with Crippen LogP contribution in [0, 0.1) is 0 Å². The highest BCUT2D eigenvalue weighted by Gasteiger charge is 2.24. The summed E-state index contributed by atoms with van der Waals surface area (Å²) in [6.45, 7) is 2.43. The van der Waals surface area contributed by atoms with Crippen molar-refractivity contribution in [2.75, 3.05) is 19.0 Å². The summed E-state index contributed by atoms with van der Waals surface area (Å²) in [5.41, 5.74) is 2.65. The molecule has 0 aliphatic rings. The number of carbonyl (C=O) groups is 2. The van der Waals surface area contributed by atoms with Crippen molar-refractivity contribution in [2.45, 2.75) is 13.3 Å². The number of carbonyl (C=O) groups excluding carboxylic acids is 2. The second-order valence-corrected chi connectivity index (χ2v) is 7.94. The van der Waals surface area contributed by atoms with Gasteiger partial charge >= 0.3 is 0 Å². The molecule has 0 aliphatic heterocycles. The maximum absolute atomic E-state index is 13.3. The Bertz CT molecular complexity index is 1530. The molecule has 176 valence electrons. The van der Waals surface area contributed by atoms with Crippen LogP contribution < -0.4 is 14.8 Å². The molecule has 0 fully saturated rings. The molecule has 0 unspecified atom stereocenters. The van der Waals surface area contributed by atoms with E-state index in [9.17, 15) is 9.59 Å².